The maximum atomic E-state index is 12.2. The second-order valence-electron chi connectivity index (χ2n) is 4.52. The van der Waals surface area contributed by atoms with Crippen LogP contribution in [-0.2, 0) is 4.79 Å². The van der Waals surface area contributed by atoms with E-state index in [0.29, 0.717) is 18.4 Å². The highest BCUT2D eigenvalue weighted by Crippen LogP contribution is 2.21. The molecule has 2 N–H and O–H groups in total. The Balaban J connectivity index is 2.87. The van der Waals surface area contributed by atoms with E-state index in [1.165, 1.54) is 0 Å². The molecule has 0 spiro atoms. The Hall–Kier alpha value is -1.11. The standard InChI is InChI=1S/C14H18INO3/c1-3-14(4-2,9-12(17)18)16-13(19)10-5-7-11(15)8-6-10/h5-8H,3-4,9H2,1-2H3,(H,16,19)(H,17,18). The van der Waals surface area contributed by atoms with Crippen molar-refractivity contribution in [3.63, 3.8) is 0 Å². The zero-order valence-corrected chi connectivity index (χ0v) is 13.2. The molecule has 0 atom stereocenters. The second-order valence-corrected chi connectivity index (χ2v) is 5.76. The highest BCUT2D eigenvalue weighted by atomic mass is 127. The van der Waals surface area contributed by atoms with Gasteiger partial charge in [-0.05, 0) is 59.7 Å². The SMILES string of the molecule is CCC(CC)(CC(=O)O)NC(=O)c1ccc(I)cc1. The molecule has 1 aromatic rings. The van der Waals surface area contributed by atoms with Crippen LogP contribution in [0.15, 0.2) is 24.3 Å². The summed E-state index contributed by atoms with van der Waals surface area (Å²) in [6, 6.07) is 7.19. The molecular weight excluding hydrogens is 357 g/mol. The number of hydrogen-bond acceptors (Lipinski definition) is 2. The number of halogens is 1. The third-order valence-corrected chi connectivity index (χ3v) is 4.05. The highest BCUT2D eigenvalue weighted by molar-refractivity contribution is 14.1. The Bertz CT molecular complexity index is 452. The average Bonchev–Trinajstić information content (AvgIpc) is 2.38. The van der Waals surface area contributed by atoms with E-state index in [1.807, 2.05) is 26.0 Å². The lowest BCUT2D eigenvalue weighted by molar-refractivity contribution is -0.138. The molecule has 19 heavy (non-hydrogen) atoms. The monoisotopic (exact) mass is 375 g/mol. The molecule has 1 amide bonds. The van der Waals surface area contributed by atoms with Gasteiger partial charge in [0.1, 0.15) is 0 Å². The van der Waals surface area contributed by atoms with Crippen LogP contribution >= 0.6 is 22.6 Å². The average molecular weight is 375 g/mol. The van der Waals surface area contributed by atoms with Gasteiger partial charge in [0.15, 0.2) is 0 Å². The lowest BCUT2D eigenvalue weighted by Gasteiger charge is -2.31. The molecule has 0 bridgehead atoms. The van der Waals surface area contributed by atoms with E-state index in [9.17, 15) is 9.59 Å². The zero-order valence-electron chi connectivity index (χ0n) is 11.1. The van der Waals surface area contributed by atoms with Crippen LogP contribution in [0.3, 0.4) is 0 Å². The zero-order chi connectivity index (χ0) is 14.5. The smallest absolute Gasteiger partial charge is 0.305 e. The fourth-order valence-electron chi connectivity index (χ4n) is 1.92. The van der Waals surface area contributed by atoms with E-state index in [4.69, 9.17) is 5.11 Å². The van der Waals surface area contributed by atoms with E-state index in [0.717, 1.165) is 3.57 Å². The van der Waals surface area contributed by atoms with Crippen molar-refractivity contribution in [1.29, 1.82) is 0 Å². The third-order valence-electron chi connectivity index (χ3n) is 3.33. The predicted molar refractivity (Wildman–Crippen MR) is 82.2 cm³/mol. The van der Waals surface area contributed by atoms with Crippen molar-refractivity contribution in [2.24, 2.45) is 0 Å². The van der Waals surface area contributed by atoms with Gasteiger partial charge in [0.05, 0.1) is 12.0 Å². The first-order valence-corrected chi connectivity index (χ1v) is 7.30. The molecule has 0 saturated carbocycles. The Morgan fingerprint density at radius 1 is 1.21 bits per heavy atom. The number of carboxylic acids is 1. The van der Waals surface area contributed by atoms with Gasteiger partial charge in [-0.15, -0.1) is 0 Å². The number of carbonyl (C=O) groups excluding carboxylic acids is 1. The van der Waals surface area contributed by atoms with Crippen LogP contribution in [0.2, 0.25) is 0 Å². The molecule has 1 aromatic carbocycles. The van der Waals surface area contributed by atoms with Gasteiger partial charge in [0.2, 0.25) is 0 Å². The summed E-state index contributed by atoms with van der Waals surface area (Å²) in [5.74, 6) is -1.12. The Labute approximate surface area is 126 Å². The van der Waals surface area contributed by atoms with E-state index >= 15 is 0 Å². The lowest BCUT2D eigenvalue weighted by Crippen LogP contribution is -2.49. The van der Waals surface area contributed by atoms with Gasteiger partial charge >= 0.3 is 5.97 Å². The van der Waals surface area contributed by atoms with Crippen LogP contribution in [0, 0.1) is 3.57 Å². The molecule has 0 heterocycles. The number of benzene rings is 1. The van der Waals surface area contributed by atoms with Crippen LogP contribution < -0.4 is 5.32 Å². The summed E-state index contributed by atoms with van der Waals surface area (Å²) in [5, 5.41) is 11.9. The van der Waals surface area contributed by atoms with Crippen molar-refractivity contribution in [3.8, 4) is 0 Å². The quantitative estimate of drug-likeness (QED) is 0.752. The molecule has 0 fully saturated rings. The normalized spacial score (nSPS) is 11.1. The first kappa shape index (κ1) is 15.9. The highest BCUT2D eigenvalue weighted by Gasteiger charge is 2.31. The van der Waals surface area contributed by atoms with Crippen LogP contribution in [0.4, 0.5) is 0 Å². The minimum Gasteiger partial charge on any atom is -0.481 e. The largest absolute Gasteiger partial charge is 0.481 e. The summed E-state index contributed by atoms with van der Waals surface area (Å²) in [7, 11) is 0. The Morgan fingerprint density at radius 2 is 1.74 bits per heavy atom. The van der Waals surface area contributed by atoms with Crippen molar-refractivity contribution < 1.29 is 14.7 Å². The maximum absolute atomic E-state index is 12.2. The van der Waals surface area contributed by atoms with E-state index < -0.39 is 11.5 Å². The van der Waals surface area contributed by atoms with Crippen molar-refractivity contribution in [1.82, 2.24) is 5.32 Å². The summed E-state index contributed by atoms with van der Waals surface area (Å²) in [6.45, 7) is 3.78. The molecule has 1 rings (SSSR count). The number of rotatable bonds is 6. The predicted octanol–water partition coefficient (Wildman–Crippen LogP) is 3.05. The molecule has 0 aromatic heterocycles. The summed E-state index contributed by atoms with van der Waals surface area (Å²) in [5.41, 5.74) is -0.122. The van der Waals surface area contributed by atoms with E-state index in [1.54, 1.807) is 12.1 Å². The molecule has 4 nitrogen and oxygen atoms in total. The number of aliphatic carboxylic acids is 1. The van der Waals surface area contributed by atoms with Crippen molar-refractivity contribution in [2.45, 2.75) is 38.6 Å². The summed E-state index contributed by atoms with van der Waals surface area (Å²) < 4.78 is 1.05. The molecule has 5 heteroatoms. The molecular formula is C14H18INO3. The van der Waals surface area contributed by atoms with Gasteiger partial charge in [-0.1, -0.05) is 13.8 Å². The lowest BCUT2D eigenvalue weighted by atomic mass is 9.88. The minimum atomic E-state index is -0.897. The van der Waals surface area contributed by atoms with Gasteiger partial charge < -0.3 is 10.4 Å². The number of carbonyl (C=O) groups is 2. The van der Waals surface area contributed by atoms with Gasteiger partial charge in [-0.2, -0.15) is 0 Å². The van der Waals surface area contributed by atoms with Crippen LogP contribution in [-0.4, -0.2) is 22.5 Å². The topological polar surface area (TPSA) is 66.4 Å². The molecule has 0 radical (unpaired) electrons. The van der Waals surface area contributed by atoms with Crippen molar-refractivity contribution >= 4 is 34.5 Å². The summed E-state index contributed by atoms with van der Waals surface area (Å²) in [4.78, 5) is 23.1. The number of hydrogen-bond donors (Lipinski definition) is 2. The molecule has 0 saturated heterocycles. The van der Waals surface area contributed by atoms with Crippen molar-refractivity contribution in [3.05, 3.63) is 33.4 Å². The fraction of sp³-hybridized carbons (Fsp3) is 0.429. The van der Waals surface area contributed by atoms with Gasteiger partial charge in [-0.3, -0.25) is 9.59 Å². The van der Waals surface area contributed by atoms with E-state index in [-0.39, 0.29) is 12.3 Å². The number of nitrogens with one attached hydrogen (secondary N) is 1. The number of amides is 1. The third kappa shape index (κ3) is 4.49. The van der Waals surface area contributed by atoms with Crippen LogP contribution in [0.25, 0.3) is 0 Å². The van der Waals surface area contributed by atoms with E-state index in [2.05, 4.69) is 27.9 Å². The molecule has 0 aliphatic heterocycles. The maximum Gasteiger partial charge on any atom is 0.305 e. The fourth-order valence-corrected chi connectivity index (χ4v) is 2.28. The first-order valence-electron chi connectivity index (χ1n) is 6.22. The van der Waals surface area contributed by atoms with Crippen LogP contribution in [0.1, 0.15) is 43.5 Å². The number of carboxylic acid groups (broad SMARTS) is 1. The van der Waals surface area contributed by atoms with Gasteiger partial charge in [-0.25, -0.2) is 0 Å². The van der Waals surface area contributed by atoms with Crippen molar-refractivity contribution in [2.75, 3.05) is 0 Å². The molecule has 104 valence electrons. The molecule has 0 aliphatic carbocycles. The first-order chi connectivity index (χ1) is 8.92. The summed E-state index contributed by atoms with van der Waals surface area (Å²) >= 11 is 2.17. The molecule has 0 aliphatic rings. The Morgan fingerprint density at radius 3 is 2.16 bits per heavy atom. The van der Waals surface area contributed by atoms with Gasteiger partial charge in [0, 0.05) is 9.13 Å². The van der Waals surface area contributed by atoms with Gasteiger partial charge in [0.25, 0.3) is 5.91 Å². The minimum absolute atomic E-state index is 0.0594. The second kappa shape index (κ2) is 6.88. The molecule has 0 unspecified atom stereocenters. The Kier molecular flexibility index (Phi) is 5.78. The van der Waals surface area contributed by atoms with Crippen LogP contribution in [0.5, 0.6) is 0 Å². The summed E-state index contributed by atoms with van der Waals surface area (Å²) in [6.07, 6.45) is 1.12.